The van der Waals surface area contributed by atoms with Crippen LogP contribution in [0.1, 0.15) is 51.8 Å². The second-order valence-corrected chi connectivity index (χ2v) is 5.96. The molecular formula is C17H31N3. The van der Waals surface area contributed by atoms with E-state index in [4.69, 9.17) is 0 Å². The fraction of sp³-hybridized carbons (Fsp3) is 0.706. The third-order valence-corrected chi connectivity index (χ3v) is 3.23. The Labute approximate surface area is 124 Å². The normalized spacial score (nSPS) is 11.5. The summed E-state index contributed by atoms with van der Waals surface area (Å²) in [5.41, 5.74) is 2.45. The first-order valence-corrected chi connectivity index (χ1v) is 8.02. The second kappa shape index (κ2) is 9.89. The molecule has 0 unspecified atom stereocenters. The lowest BCUT2D eigenvalue weighted by Crippen LogP contribution is -2.25. The van der Waals surface area contributed by atoms with Gasteiger partial charge < -0.3 is 5.32 Å². The van der Waals surface area contributed by atoms with Crippen LogP contribution in [0.25, 0.3) is 0 Å². The topological polar surface area (TPSA) is 28.2 Å². The van der Waals surface area contributed by atoms with E-state index in [1.165, 1.54) is 24.1 Å². The van der Waals surface area contributed by atoms with Gasteiger partial charge in [0.2, 0.25) is 0 Å². The highest BCUT2D eigenvalue weighted by molar-refractivity contribution is 5.14. The number of hydrogen-bond acceptors (Lipinski definition) is 3. The Bertz CT molecular complexity index is 340. The Balaban J connectivity index is 2.44. The van der Waals surface area contributed by atoms with Gasteiger partial charge in [0.1, 0.15) is 0 Å². The van der Waals surface area contributed by atoms with E-state index in [0.717, 1.165) is 32.7 Å². The van der Waals surface area contributed by atoms with Crippen LogP contribution in [0, 0.1) is 5.92 Å². The van der Waals surface area contributed by atoms with E-state index in [-0.39, 0.29) is 0 Å². The summed E-state index contributed by atoms with van der Waals surface area (Å²) in [5.74, 6) is 0.693. The molecule has 0 saturated carbocycles. The summed E-state index contributed by atoms with van der Waals surface area (Å²) >= 11 is 0. The highest BCUT2D eigenvalue weighted by atomic mass is 15.1. The summed E-state index contributed by atoms with van der Waals surface area (Å²) in [6, 6.07) is 4.37. The molecule has 3 heteroatoms. The largest absolute Gasteiger partial charge is 0.312 e. The van der Waals surface area contributed by atoms with Crippen molar-refractivity contribution in [3.8, 4) is 0 Å². The van der Waals surface area contributed by atoms with Crippen LogP contribution in [0.3, 0.4) is 0 Å². The minimum atomic E-state index is 0.693. The van der Waals surface area contributed by atoms with Crippen molar-refractivity contribution in [2.75, 3.05) is 19.6 Å². The molecule has 0 bridgehead atoms. The number of aromatic nitrogens is 1. The molecule has 3 nitrogen and oxygen atoms in total. The molecule has 1 N–H and O–H groups in total. The number of nitrogens with zero attached hydrogens (tertiary/aromatic N) is 2. The van der Waals surface area contributed by atoms with E-state index in [2.05, 4.69) is 55.0 Å². The van der Waals surface area contributed by atoms with Crippen LogP contribution in [-0.4, -0.2) is 29.5 Å². The van der Waals surface area contributed by atoms with E-state index in [9.17, 15) is 0 Å². The Morgan fingerprint density at radius 2 is 1.85 bits per heavy atom. The minimum Gasteiger partial charge on any atom is -0.312 e. The predicted molar refractivity (Wildman–Crippen MR) is 86.6 cm³/mol. The van der Waals surface area contributed by atoms with Gasteiger partial charge in [-0.1, -0.05) is 33.8 Å². The summed E-state index contributed by atoms with van der Waals surface area (Å²) in [5, 5.41) is 3.45. The van der Waals surface area contributed by atoms with Gasteiger partial charge in [-0.25, -0.2) is 0 Å². The van der Waals surface area contributed by atoms with Crippen molar-refractivity contribution in [1.82, 2.24) is 15.2 Å². The fourth-order valence-electron chi connectivity index (χ4n) is 2.29. The van der Waals surface area contributed by atoms with E-state index in [0.29, 0.717) is 5.92 Å². The molecule has 1 aromatic heterocycles. The number of pyridine rings is 1. The first-order chi connectivity index (χ1) is 9.65. The molecule has 0 radical (unpaired) electrons. The molecule has 0 aliphatic heterocycles. The maximum atomic E-state index is 4.60. The van der Waals surface area contributed by atoms with Crippen LogP contribution in [0.2, 0.25) is 0 Å². The lowest BCUT2D eigenvalue weighted by atomic mass is 10.2. The van der Waals surface area contributed by atoms with E-state index >= 15 is 0 Å². The van der Waals surface area contributed by atoms with Crippen molar-refractivity contribution in [2.24, 2.45) is 5.92 Å². The lowest BCUT2D eigenvalue weighted by molar-refractivity contribution is 0.263. The molecule has 0 amide bonds. The van der Waals surface area contributed by atoms with E-state index in [1.54, 1.807) is 0 Å². The van der Waals surface area contributed by atoms with Gasteiger partial charge in [-0.3, -0.25) is 9.88 Å². The van der Waals surface area contributed by atoms with Crippen molar-refractivity contribution in [2.45, 2.75) is 53.6 Å². The Kier molecular flexibility index (Phi) is 8.47. The zero-order valence-corrected chi connectivity index (χ0v) is 13.7. The van der Waals surface area contributed by atoms with Crippen molar-refractivity contribution in [3.05, 3.63) is 29.6 Å². The zero-order valence-electron chi connectivity index (χ0n) is 13.7. The summed E-state index contributed by atoms with van der Waals surface area (Å²) in [6.07, 6.45) is 4.42. The van der Waals surface area contributed by atoms with Crippen LogP contribution >= 0.6 is 0 Å². The average molecular weight is 277 g/mol. The maximum Gasteiger partial charge on any atom is 0.0544 e. The molecule has 1 rings (SSSR count). The Morgan fingerprint density at radius 3 is 2.35 bits per heavy atom. The van der Waals surface area contributed by atoms with Gasteiger partial charge in [-0.15, -0.1) is 0 Å². The Hall–Kier alpha value is -0.930. The molecular weight excluding hydrogens is 246 g/mol. The standard InChI is InChI=1S/C17H31N3/c1-5-9-20(10-6-2)14-17-8-7-16(13-19-17)12-18-11-15(3)4/h7-8,13,15,18H,5-6,9-12,14H2,1-4H3. The number of nitrogens with one attached hydrogen (secondary N) is 1. The summed E-state index contributed by atoms with van der Waals surface area (Å²) in [6.45, 7) is 14.2. The molecule has 114 valence electrons. The third kappa shape index (κ3) is 7.01. The van der Waals surface area contributed by atoms with Gasteiger partial charge in [0, 0.05) is 19.3 Å². The van der Waals surface area contributed by atoms with Gasteiger partial charge in [-0.2, -0.15) is 0 Å². The lowest BCUT2D eigenvalue weighted by Gasteiger charge is -2.20. The first kappa shape index (κ1) is 17.1. The smallest absolute Gasteiger partial charge is 0.0544 e. The van der Waals surface area contributed by atoms with E-state index in [1.807, 2.05) is 6.20 Å². The monoisotopic (exact) mass is 277 g/mol. The highest BCUT2D eigenvalue weighted by Gasteiger charge is 2.05. The second-order valence-electron chi connectivity index (χ2n) is 5.96. The summed E-state index contributed by atoms with van der Waals surface area (Å²) < 4.78 is 0. The number of rotatable bonds is 10. The van der Waals surface area contributed by atoms with Gasteiger partial charge in [0.05, 0.1) is 5.69 Å². The minimum absolute atomic E-state index is 0.693. The molecule has 0 aliphatic rings. The molecule has 0 fully saturated rings. The van der Waals surface area contributed by atoms with E-state index < -0.39 is 0 Å². The third-order valence-electron chi connectivity index (χ3n) is 3.23. The highest BCUT2D eigenvalue weighted by Crippen LogP contribution is 2.06. The average Bonchev–Trinajstić information content (AvgIpc) is 2.41. The van der Waals surface area contributed by atoms with Crippen molar-refractivity contribution >= 4 is 0 Å². The van der Waals surface area contributed by atoms with Gasteiger partial charge >= 0.3 is 0 Å². The van der Waals surface area contributed by atoms with Crippen molar-refractivity contribution in [1.29, 1.82) is 0 Å². The van der Waals surface area contributed by atoms with Crippen LogP contribution in [-0.2, 0) is 13.1 Å². The molecule has 20 heavy (non-hydrogen) atoms. The van der Waals surface area contributed by atoms with Crippen LogP contribution < -0.4 is 5.32 Å². The molecule has 1 aromatic rings. The predicted octanol–water partition coefficient (Wildman–Crippen LogP) is 3.45. The van der Waals surface area contributed by atoms with Crippen molar-refractivity contribution < 1.29 is 0 Å². The van der Waals surface area contributed by atoms with Crippen LogP contribution in [0.4, 0.5) is 0 Å². The summed E-state index contributed by atoms with van der Waals surface area (Å²) in [7, 11) is 0. The SMILES string of the molecule is CCCN(CCC)Cc1ccc(CNCC(C)C)cn1. The zero-order chi connectivity index (χ0) is 14.8. The number of hydrogen-bond donors (Lipinski definition) is 1. The molecule has 0 aromatic carbocycles. The molecule has 0 atom stereocenters. The van der Waals surface area contributed by atoms with Crippen LogP contribution in [0.15, 0.2) is 18.3 Å². The molecule has 1 heterocycles. The molecule has 0 spiro atoms. The van der Waals surface area contributed by atoms with Crippen molar-refractivity contribution in [3.63, 3.8) is 0 Å². The first-order valence-electron chi connectivity index (χ1n) is 8.02. The quantitative estimate of drug-likeness (QED) is 0.710. The summed E-state index contributed by atoms with van der Waals surface area (Å²) in [4.78, 5) is 7.08. The molecule has 0 saturated heterocycles. The maximum absolute atomic E-state index is 4.60. The Morgan fingerprint density at radius 1 is 1.15 bits per heavy atom. The fourth-order valence-corrected chi connectivity index (χ4v) is 2.29. The van der Waals surface area contributed by atoms with Gasteiger partial charge in [0.15, 0.2) is 0 Å². The van der Waals surface area contributed by atoms with Gasteiger partial charge in [0.25, 0.3) is 0 Å². The molecule has 0 aliphatic carbocycles. The van der Waals surface area contributed by atoms with Crippen LogP contribution in [0.5, 0.6) is 0 Å². The van der Waals surface area contributed by atoms with Gasteiger partial charge in [-0.05, 0) is 50.0 Å².